The maximum atomic E-state index is 11.5. The van der Waals surface area contributed by atoms with Crippen LogP contribution in [0, 0.1) is 0 Å². The molecule has 5 heteroatoms. The zero-order valence-electron chi connectivity index (χ0n) is 10.2. The van der Waals surface area contributed by atoms with Gasteiger partial charge in [0.25, 0.3) is 0 Å². The Morgan fingerprint density at radius 3 is 2.67 bits per heavy atom. The van der Waals surface area contributed by atoms with Gasteiger partial charge in [0.2, 0.25) is 5.91 Å². The van der Waals surface area contributed by atoms with E-state index in [4.69, 9.17) is 4.74 Å². The molecule has 98 valence electrons. The monoisotopic (exact) mass is 329 g/mol. The highest BCUT2D eigenvalue weighted by Gasteiger charge is 2.02. The molecule has 1 aromatic carbocycles. The van der Waals surface area contributed by atoms with Crippen LogP contribution in [0.5, 0.6) is 5.75 Å². The lowest BCUT2D eigenvalue weighted by Crippen LogP contribution is -2.25. The number of carbonyl (C=O) groups is 1. The Morgan fingerprint density at radius 2 is 2.11 bits per heavy atom. The van der Waals surface area contributed by atoms with Crippen LogP contribution in [0.1, 0.15) is 6.92 Å². The number of rotatable bonds is 7. The number of amides is 1. The molecule has 1 N–H and O–H groups in total. The molecular formula is C13H16BrNO2S. The third-order valence-electron chi connectivity index (χ3n) is 1.98. The lowest BCUT2D eigenvalue weighted by atomic mass is 10.3. The van der Waals surface area contributed by atoms with Crippen molar-refractivity contribution in [2.45, 2.75) is 11.8 Å². The molecule has 0 saturated heterocycles. The number of nitrogens with one attached hydrogen (secondary N) is 1. The molecule has 0 fully saturated rings. The van der Waals surface area contributed by atoms with Crippen molar-refractivity contribution in [2.75, 3.05) is 18.9 Å². The Hall–Kier alpha value is -0.940. The zero-order chi connectivity index (χ0) is 13.4. The van der Waals surface area contributed by atoms with Gasteiger partial charge in [-0.25, -0.2) is 0 Å². The van der Waals surface area contributed by atoms with Crippen LogP contribution in [0.15, 0.2) is 40.2 Å². The molecule has 0 spiro atoms. The molecule has 0 aliphatic heterocycles. The number of halogens is 1. The second kappa shape index (κ2) is 8.21. The number of hydrogen-bond acceptors (Lipinski definition) is 3. The third-order valence-corrected chi connectivity index (χ3v) is 3.27. The Bertz CT molecular complexity index is 406. The van der Waals surface area contributed by atoms with Gasteiger partial charge < -0.3 is 10.1 Å². The fraction of sp³-hybridized carbons (Fsp3) is 0.308. The first-order valence-corrected chi connectivity index (χ1v) is 7.35. The molecule has 1 aromatic rings. The topological polar surface area (TPSA) is 38.3 Å². The smallest absolute Gasteiger partial charge is 0.230 e. The molecule has 0 atom stereocenters. The number of hydrogen-bond donors (Lipinski definition) is 1. The second-order valence-electron chi connectivity index (χ2n) is 3.49. The average Bonchev–Trinajstić information content (AvgIpc) is 2.36. The minimum Gasteiger partial charge on any atom is -0.494 e. The summed E-state index contributed by atoms with van der Waals surface area (Å²) < 4.78 is 6.11. The standard InChI is InChI=1S/C13H16BrNO2S/c1-3-17-11-4-6-12(7-5-11)18-9-13(16)15-8-10(2)14/h4-7H,2-3,8-9H2,1H3,(H,15,16). The first kappa shape index (κ1) is 15.1. The molecule has 3 nitrogen and oxygen atoms in total. The Kier molecular flexibility index (Phi) is 6.90. The van der Waals surface area contributed by atoms with Crippen LogP contribution in [-0.2, 0) is 4.79 Å². The number of benzene rings is 1. The van der Waals surface area contributed by atoms with Crippen LogP contribution < -0.4 is 10.1 Å². The van der Waals surface area contributed by atoms with Crippen LogP contribution in [0.3, 0.4) is 0 Å². The Morgan fingerprint density at radius 1 is 1.44 bits per heavy atom. The summed E-state index contributed by atoms with van der Waals surface area (Å²) in [5.74, 6) is 1.24. The van der Waals surface area contributed by atoms with Crippen molar-refractivity contribution >= 4 is 33.6 Å². The maximum absolute atomic E-state index is 11.5. The van der Waals surface area contributed by atoms with Crippen molar-refractivity contribution in [3.05, 3.63) is 35.3 Å². The number of thioether (sulfide) groups is 1. The van der Waals surface area contributed by atoms with Crippen molar-refractivity contribution in [3.63, 3.8) is 0 Å². The van der Waals surface area contributed by atoms with Crippen LogP contribution in [0.25, 0.3) is 0 Å². The van der Waals surface area contributed by atoms with Crippen molar-refractivity contribution in [1.29, 1.82) is 0 Å². The molecule has 0 aromatic heterocycles. The summed E-state index contributed by atoms with van der Waals surface area (Å²) in [6.45, 7) is 6.72. The van der Waals surface area contributed by atoms with E-state index in [0.29, 0.717) is 18.9 Å². The van der Waals surface area contributed by atoms with Crippen LogP contribution in [0.4, 0.5) is 0 Å². The largest absolute Gasteiger partial charge is 0.494 e. The normalized spacial score (nSPS) is 9.89. The van der Waals surface area contributed by atoms with E-state index in [1.165, 1.54) is 11.8 Å². The van der Waals surface area contributed by atoms with E-state index in [1.54, 1.807) is 0 Å². The quantitative estimate of drug-likeness (QED) is 0.780. The molecule has 0 aliphatic carbocycles. The van der Waals surface area contributed by atoms with Crippen LogP contribution >= 0.6 is 27.7 Å². The molecular weight excluding hydrogens is 314 g/mol. The van der Waals surface area contributed by atoms with Crippen molar-refractivity contribution in [2.24, 2.45) is 0 Å². The molecule has 0 heterocycles. The van der Waals surface area contributed by atoms with Gasteiger partial charge in [-0.2, -0.15) is 0 Å². The van der Waals surface area contributed by atoms with E-state index in [1.807, 2.05) is 31.2 Å². The van der Waals surface area contributed by atoms with Gasteiger partial charge in [0, 0.05) is 15.9 Å². The van der Waals surface area contributed by atoms with E-state index >= 15 is 0 Å². The van der Waals surface area contributed by atoms with E-state index in [9.17, 15) is 4.79 Å². The van der Waals surface area contributed by atoms with Gasteiger partial charge in [-0.05, 0) is 31.2 Å². The predicted octanol–water partition coefficient (Wildman–Crippen LogP) is 3.20. The molecule has 18 heavy (non-hydrogen) atoms. The fourth-order valence-corrected chi connectivity index (χ4v) is 2.06. The lowest BCUT2D eigenvalue weighted by molar-refractivity contribution is -0.118. The maximum Gasteiger partial charge on any atom is 0.230 e. The highest BCUT2D eigenvalue weighted by molar-refractivity contribution is 9.11. The molecule has 0 unspecified atom stereocenters. The Labute approximate surface area is 120 Å². The van der Waals surface area contributed by atoms with Gasteiger partial charge in [-0.1, -0.05) is 22.5 Å². The van der Waals surface area contributed by atoms with Crippen LogP contribution in [0.2, 0.25) is 0 Å². The van der Waals surface area contributed by atoms with Gasteiger partial charge in [-0.3, -0.25) is 4.79 Å². The van der Waals surface area contributed by atoms with Gasteiger partial charge in [0.15, 0.2) is 0 Å². The summed E-state index contributed by atoms with van der Waals surface area (Å²) in [6.07, 6.45) is 0. The zero-order valence-corrected chi connectivity index (χ0v) is 12.6. The van der Waals surface area contributed by atoms with Crippen molar-refractivity contribution in [1.82, 2.24) is 5.32 Å². The lowest BCUT2D eigenvalue weighted by Gasteiger charge is -2.05. The molecule has 0 radical (unpaired) electrons. The van der Waals surface area contributed by atoms with Gasteiger partial charge in [0.05, 0.1) is 12.4 Å². The van der Waals surface area contributed by atoms with E-state index in [0.717, 1.165) is 15.1 Å². The summed E-state index contributed by atoms with van der Waals surface area (Å²) in [5.41, 5.74) is 0. The molecule has 0 aliphatic rings. The minimum atomic E-state index is -0.00511. The minimum absolute atomic E-state index is 0.00511. The Balaban J connectivity index is 2.34. The SMILES string of the molecule is C=C(Br)CNC(=O)CSc1ccc(OCC)cc1. The van der Waals surface area contributed by atoms with Crippen molar-refractivity contribution in [3.8, 4) is 5.75 Å². The summed E-state index contributed by atoms with van der Waals surface area (Å²) in [4.78, 5) is 12.5. The highest BCUT2D eigenvalue weighted by Crippen LogP contribution is 2.21. The number of ether oxygens (including phenoxy) is 1. The van der Waals surface area contributed by atoms with E-state index < -0.39 is 0 Å². The summed E-state index contributed by atoms with van der Waals surface area (Å²) in [5, 5.41) is 2.75. The third kappa shape index (κ3) is 6.12. The molecule has 0 bridgehead atoms. The summed E-state index contributed by atoms with van der Waals surface area (Å²) >= 11 is 4.69. The predicted molar refractivity (Wildman–Crippen MR) is 79.4 cm³/mol. The summed E-state index contributed by atoms with van der Waals surface area (Å²) in [7, 11) is 0. The van der Waals surface area contributed by atoms with E-state index in [-0.39, 0.29) is 5.91 Å². The van der Waals surface area contributed by atoms with Gasteiger partial charge in [0.1, 0.15) is 5.75 Å². The molecule has 0 saturated carbocycles. The van der Waals surface area contributed by atoms with Crippen molar-refractivity contribution < 1.29 is 9.53 Å². The van der Waals surface area contributed by atoms with Gasteiger partial charge >= 0.3 is 0 Å². The second-order valence-corrected chi connectivity index (χ2v) is 5.66. The van der Waals surface area contributed by atoms with Crippen LogP contribution in [-0.4, -0.2) is 24.8 Å². The van der Waals surface area contributed by atoms with Gasteiger partial charge in [-0.15, -0.1) is 11.8 Å². The van der Waals surface area contributed by atoms with E-state index in [2.05, 4.69) is 27.8 Å². The number of carbonyl (C=O) groups excluding carboxylic acids is 1. The average molecular weight is 330 g/mol. The first-order chi connectivity index (χ1) is 8.61. The molecule has 1 amide bonds. The highest BCUT2D eigenvalue weighted by atomic mass is 79.9. The first-order valence-electron chi connectivity index (χ1n) is 5.57. The molecule has 1 rings (SSSR count). The summed E-state index contributed by atoms with van der Waals surface area (Å²) in [6, 6.07) is 7.72. The fourth-order valence-electron chi connectivity index (χ4n) is 1.19.